The number of aliphatic hydroxyl groups is 1. The molecule has 3 heteroatoms. The van der Waals surface area contributed by atoms with Gasteiger partial charge in [-0.15, -0.1) is 0 Å². The molecule has 1 atom stereocenters. The molecular weight excluding hydrogens is 180 g/mol. The highest BCUT2D eigenvalue weighted by Gasteiger charge is 1.97. The van der Waals surface area contributed by atoms with Gasteiger partial charge in [0.2, 0.25) is 0 Å². The summed E-state index contributed by atoms with van der Waals surface area (Å²) < 4.78 is 4.95. The Labute approximate surface area is 82.7 Å². The number of aryl methyl sites for hydroxylation is 1. The molecule has 1 heterocycles. The van der Waals surface area contributed by atoms with Crippen molar-refractivity contribution >= 4 is 6.08 Å². The van der Waals surface area contributed by atoms with Gasteiger partial charge in [-0.1, -0.05) is 13.0 Å². The van der Waals surface area contributed by atoms with Gasteiger partial charge in [-0.3, -0.25) is 0 Å². The van der Waals surface area contributed by atoms with Crippen LogP contribution in [0.15, 0.2) is 27.4 Å². The van der Waals surface area contributed by atoms with E-state index in [0.717, 1.165) is 0 Å². The molecule has 0 amide bonds. The van der Waals surface area contributed by atoms with Crippen LogP contribution in [-0.4, -0.2) is 11.2 Å². The standard InChI is InChI=1S/C11H14O3/c1-3-9(12)5-7-10-6-4-8(2)11(13)14-10/h4-7,9,12H,3H2,1-2H3. The molecule has 0 aliphatic rings. The van der Waals surface area contributed by atoms with Gasteiger partial charge >= 0.3 is 5.63 Å². The molecule has 1 rings (SSSR count). The number of hydrogen-bond donors (Lipinski definition) is 1. The summed E-state index contributed by atoms with van der Waals surface area (Å²) in [5.74, 6) is 0.466. The Balaban J connectivity index is 2.83. The molecule has 0 bridgehead atoms. The van der Waals surface area contributed by atoms with E-state index in [0.29, 0.717) is 17.7 Å². The van der Waals surface area contributed by atoms with E-state index in [1.54, 1.807) is 31.2 Å². The van der Waals surface area contributed by atoms with E-state index < -0.39 is 6.10 Å². The van der Waals surface area contributed by atoms with Crippen LogP contribution in [0.25, 0.3) is 6.08 Å². The van der Waals surface area contributed by atoms with Crippen LogP contribution in [0.1, 0.15) is 24.7 Å². The zero-order valence-electron chi connectivity index (χ0n) is 8.36. The molecule has 1 aromatic heterocycles. The molecule has 0 saturated heterocycles. The van der Waals surface area contributed by atoms with Crippen molar-refractivity contribution in [2.45, 2.75) is 26.4 Å². The number of rotatable bonds is 3. The zero-order valence-corrected chi connectivity index (χ0v) is 8.36. The third-order valence-corrected chi connectivity index (χ3v) is 1.93. The third kappa shape index (κ3) is 2.85. The maximum absolute atomic E-state index is 11.1. The van der Waals surface area contributed by atoms with Gasteiger partial charge in [-0.25, -0.2) is 4.79 Å². The van der Waals surface area contributed by atoms with Gasteiger partial charge in [0.15, 0.2) is 0 Å². The van der Waals surface area contributed by atoms with E-state index in [2.05, 4.69) is 0 Å². The van der Waals surface area contributed by atoms with Gasteiger partial charge in [0.05, 0.1) is 6.10 Å². The molecule has 0 saturated carbocycles. The Morgan fingerprint density at radius 3 is 2.86 bits per heavy atom. The predicted molar refractivity (Wildman–Crippen MR) is 55.0 cm³/mol. The topological polar surface area (TPSA) is 50.4 Å². The van der Waals surface area contributed by atoms with E-state index in [1.807, 2.05) is 6.92 Å². The first kappa shape index (κ1) is 10.7. The maximum atomic E-state index is 11.1. The van der Waals surface area contributed by atoms with Crippen molar-refractivity contribution in [1.29, 1.82) is 0 Å². The Morgan fingerprint density at radius 1 is 1.57 bits per heavy atom. The molecule has 1 unspecified atom stereocenters. The van der Waals surface area contributed by atoms with Crippen LogP contribution in [0.2, 0.25) is 0 Å². The minimum Gasteiger partial charge on any atom is -0.423 e. The average Bonchev–Trinajstić information content (AvgIpc) is 2.19. The van der Waals surface area contributed by atoms with Crippen molar-refractivity contribution in [2.24, 2.45) is 0 Å². The van der Waals surface area contributed by atoms with Gasteiger partial charge in [0, 0.05) is 5.56 Å². The first-order valence-electron chi connectivity index (χ1n) is 4.60. The van der Waals surface area contributed by atoms with Crippen LogP contribution in [0, 0.1) is 6.92 Å². The molecule has 1 aromatic rings. The number of aliphatic hydroxyl groups excluding tert-OH is 1. The highest BCUT2D eigenvalue weighted by molar-refractivity contribution is 5.42. The monoisotopic (exact) mass is 194 g/mol. The highest BCUT2D eigenvalue weighted by atomic mass is 16.4. The lowest BCUT2D eigenvalue weighted by molar-refractivity contribution is 0.220. The summed E-state index contributed by atoms with van der Waals surface area (Å²) in [6.45, 7) is 3.57. The van der Waals surface area contributed by atoms with Crippen molar-refractivity contribution in [2.75, 3.05) is 0 Å². The molecule has 0 radical (unpaired) electrons. The predicted octanol–water partition coefficient (Wildman–Crippen LogP) is 1.73. The van der Waals surface area contributed by atoms with E-state index in [-0.39, 0.29) is 5.63 Å². The Kier molecular flexibility index (Phi) is 3.65. The molecule has 3 nitrogen and oxygen atoms in total. The van der Waals surface area contributed by atoms with E-state index in [9.17, 15) is 9.90 Å². The second-order valence-electron chi connectivity index (χ2n) is 3.14. The molecule has 1 N–H and O–H groups in total. The van der Waals surface area contributed by atoms with Gasteiger partial charge < -0.3 is 9.52 Å². The van der Waals surface area contributed by atoms with Gasteiger partial charge in [0.1, 0.15) is 5.76 Å². The summed E-state index contributed by atoms with van der Waals surface area (Å²) in [4.78, 5) is 11.1. The van der Waals surface area contributed by atoms with Gasteiger partial charge in [-0.05, 0) is 31.6 Å². The minimum absolute atomic E-state index is 0.335. The second-order valence-corrected chi connectivity index (χ2v) is 3.14. The lowest BCUT2D eigenvalue weighted by atomic mass is 10.2. The van der Waals surface area contributed by atoms with Crippen LogP contribution >= 0.6 is 0 Å². The van der Waals surface area contributed by atoms with Crippen molar-refractivity contribution in [3.8, 4) is 0 Å². The summed E-state index contributed by atoms with van der Waals surface area (Å²) >= 11 is 0. The SMILES string of the molecule is CCC(O)C=Cc1ccc(C)c(=O)o1. The van der Waals surface area contributed by atoms with E-state index in [1.165, 1.54) is 0 Å². The second kappa shape index (κ2) is 4.77. The molecule has 0 aromatic carbocycles. The molecule has 0 fully saturated rings. The Morgan fingerprint density at radius 2 is 2.29 bits per heavy atom. The molecule has 0 aliphatic heterocycles. The minimum atomic E-state index is -0.485. The van der Waals surface area contributed by atoms with Gasteiger partial charge in [-0.2, -0.15) is 0 Å². The molecule has 0 aliphatic carbocycles. The molecular formula is C11H14O3. The first-order chi connectivity index (χ1) is 6.63. The largest absolute Gasteiger partial charge is 0.423 e. The van der Waals surface area contributed by atoms with E-state index in [4.69, 9.17) is 4.42 Å². The van der Waals surface area contributed by atoms with Gasteiger partial charge in [0.25, 0.3) is 0 Å². The fourth-order valence-corrected chi connectivity index (χ4v) is 0.928. The summed E-state index contributed by atoms with van der Waals surface area (Å²) in [6.07, 6.45) is 3.37. The summed E-state index contributed by atoms with van der Waals surface area (Å²) in [7, 11) is 0. The van der Waals surface area contributed by atoms with Crippen LogP contribution in [-0.2, 0) is 0 Å². The highest BCUT2D eigenvalue weighted by Crippen LogP contribution is 2.02. The van der Waals surface area contributed by atoms with Crippen molar-refractivity contribution in [3.05, 3.63) is 40.0 Å². The normalized spacial score (nSPS) is 13.4. The fourth-order valence-electron chi connectivity index (χ4n) is 0.928. The van der Waals surface area contributed by atoms with Crippen LogP contribution in [0.5, 0.6) is 0 Å². The van der Waals surface area contributed by atoms with Crippen molar-refractivity contribution in [3.63, 3.8) is 0 Å². The molecule has 14 heavy (non-hydrogen) atoms. The Hall–Kier alpha value is -1.35. The van der Waals surface area contributed by atoms with E-state index >= 15 is 0 Å². The van der Waals surface area contributed by atoms with Crippen molar-refractivity contribution in [1.82, 2.24) is 0 Å². The average molecular weight is 194 g/mol. The quantitative estimate of drug-likeness (QED) is 0.797. The maximum Gasteiger partial charge on any atom is 0.339 e. The zero-order chi connectivity index (χ0) is 10.6. The number of hydrogen-bond acceptors (Lipinski definition) is 3. The fraction of sp³-hybridized carbons (Fsp3) is 0.364. The van der Waals surface area contributed by atoms with Crippen LogP contribution < -0.4 is 5.63 Å². The van der Waals surface area contributed by atoms with Crippen LogP contribution in [0.4, 0.5) is 0 Å². The molecule has 0 spiro atoms. The lowest BCUT2D eigenvalue weighted by Crippen LogP contribution is -2.03. The first-order valence-corrected chi connectivity index (χ1v) is 4.60. The summed E-state index contributed by atoms with van der Waals surface area (Å²) in [5.41, 5.74) is 0.247. The smallest absolute Gasteiger partial charge is 0.339 e. The summed E-state index contributed by atoms with van der Waals surface area (Å²) in [6, 6.07) is 3.40. The lowest BCUT2D eigenvalue weighted by Gasteiger charge is -1.98. The van der Waals surface area contributed by atoms with Crippen LogP contribution in [0.3, 0.4) is 0 Å². The third-order valence-electron chi connectivity index (χ3n) is 1.93. The summed E-state index contributed by atoms with van der Waals surface area (Å²) in [5, 5.41) is 9.24. The molecule has 76 valence electrons. The van der Waals surface area contributed by atoms with Crippen molar-refractivity contribution < 1.29 is 9.52 Å². The Bertz CT molecular complexity index is 376.